The van der Waals surface area contributed by atoms with Gasteiger partial charge in [0.1, 0.15) is 11.3 Å². The van der Waals surface area contributed by atoms with E-state index in [-0.39, 0.29) is 11.3 Å². The van der Waals surface area contributed by atoms with E-state index in [1.54, 1.807) is 31.2 Å². The molecule has 0 atom stereocenters. The molecule has 0 unspecified atom stereocenters. The number of nitrogens with zero attached hydrogens (tertiary/aromatic N) is 3. The second-order valence-electron chi connectivity index (χ2n) is 6.12. The number of aromatic amines is 1. The van der Waals surface area contributed by atoms with Gasteiger partial charge in [-0.25, -0.2) is 9.36 Å². The van der Waals surface area contributed by atoms with Crippen molar-refractivity contribution in [2.45, 2.75) is 20.8 Å². The number of methoxy groups -OCH3 is 1. The predicted octanol–water partition coefficient (Wildman–Crippen LogP) is 0.895. The van der Waals surface area contributed by atoms with E-state index < -0.39 is 17.1 Å². The lowest BCUT2D eigenvalue weighted by molar-refractivity contribution is 0.303. The van der Waals surface area contributed by atoms with Gasteiger partial charge in [-0.05, 0) is 44.3 Å². The molecule has 28 heavy (non-hydrogen) atoms. The molecule has 0 spiro atoms. The highest BCUT2D eigenvalue weighted by Crippen LogP contribution is 2.19. The third-order valence-electron chi connectivity index (χ3n) is 4.46. The molecule has 0 radical (unpaired) electrons. The van der Waals surface area contributed by atoms with Gasteiger partial charge in [-0.2, -0.15) is 5.10 Å². The normalized spacial score (nSPS) is 11.7. The summed E-state index contributed by atoms with van der Waals surface area (Å²) in [5.74, 6) is 0.141. The molecule has 0 fully saturated rings. The Morgan fingerprint density at radius 3 is 2.46 bits per heavy atom. The minimum atomic E-state index is -0.737. The summed E-state index contributed by atoms with van der Waals surface area (Å²) in [6.45, 7) is 9.03. The fraction of sp³-hybridized carbons (Fsp3) is 0.421. The Bertz CT molecular complexity index is 927. The van der Waals surface area contributed by atoms with Crippen molar-refractivity contribution in [3.05, 3.63) is 50.7 Å². The van der Waals surface area contributed by atoms with E-state index in [2.05, 4.69) is 34.3 Å². The van der Waals surface area contributed by atoms with Gasteiger partial charge in [-0.1, -0.05) is 13.8 Å². The first-order valence-electron chi connectivity index (χ1n) is 9.15. The van der Waals surface area contributed by atoms with E-state index in [4.69, 9.17) is 4.74 Å². The van der Waals surface area contributed by atoms with Crippen molar-refractivity contribution < 1.29 is 9.84 Å². The molecule has 2 rings (SSSR count). The number of hydrogen-bond donors (Lipinski definition) is 3. The first kappa shape index (κ1) is 21.2. The molecule has 152 valence electrons. The number of likely N-dealkylation sites (N-methyl/N-ethyl adjacent to an activating group) is 1. The molecule has 0 amide bonds. The van der Waals surface area contributed by atoms with Crippen LogP contribution in [0, 0.1) is 0 Å². The third kappa shape index (κ3) is 4.80. The summed E-state index contributed by atoms with van der Waals surface area (Å²) >= 11 is 0. The molecular weight excluding hydrogens is 362 g/mol. The standard InChI is InChI=1S/C19H27N5O4/c1-5-23(6-2)12-11-20-22-13(3)16-17(25)21-19(27)24(18(16)26)14-7-9-15(28-4)10-8-14/h7-10,20,26H,5-6,11-12H2,1-4H3,(H,21,25,27)/b22-13+. The highest BCUT2D eigenvalue weighted by molar-refractivity contribution is 6.00. The molecule has 3 N–H and O–H groups in total. The molecule has 0 bridgehead atoms. The van der Waals surface area contributed by atoms with E-state index in [0.29, 0.717) is 18.0 Å². The number of nitrogens with one attached hydrogen (secondary N) is 2. The molecule has 9 heteroatoms. The first-order valence-corrected chi connectivity index (χ1v) is 9.15. The van der Waals surface area contributed by atoms with Crippen LogP contribution in [0.15, 0.2) is 39.0 Å². The largest absolute Gasteiger partial charge is 0.497 e. The van der Waals surface area contributed by atoms with Crippen molar-refractivity contribution in [1.82, 2.24) is 19.9 Å². The van der Waals surface area contributed by atoms with Crippen LogP contribution in [0.4, 0.5) is 0 Å². The van der Waals surface area contributed by atoms with E-state index in [1.807, 2.05) is 0 Å². The zero-order valence-corrected chi connectivity index (χ0v) is 16.7. The second kappa shape index (κ2) is 9.75. The molecule has 0 aliphatic heterocycles. The Hall–Kier alpha value is -3.07. The molecule has 0 saturated carbocycles. The summed E-state index contributed by atoms with van der Waals surface area (Å²) in [5, 5.41) is 14.8. The van der Waals surface area contributed by atoms with Crippen molar-refractivity contribution in [3.63, 3.8) is 0 Å². The number of hydrazone groups is 1. The third-order valence-corrected chi connectivity index (χ3v) is 4.46. The maximum Gasteiger partial charge on any atom is 0.335 e. The fourth-order valence-corrected chi connectivity index (χ4v) is 2.80. The lowest BCUT2D eigenvalue weighted by Gasteiger charge is -2.17. The van der Waals surface area contributed by atoms with Crippen LogP contribution < -0.4 is 21.4 Å². The quantitative estimate of drug-likeness (QED) is 0.334. The predicted molar refractivity (Wildman–Crippen MR) is 109 cm³/mol. The van der Waals surface area contributed by atoms with Crippen LogP contribution >= 0.6 is 0 Å². The summed E-state index contributed by atoms with van der Waals surface area (Å²) < 4.78 is 6.11. The fourth-order valence-electron chi connectivity index (χ4n) is 2.80. The van der Waals surface area contributed by atoms with Crippen LogP contribution in [0.2, 0.25) is 0 Å². The zero-order chi connectivity index (χ0) is 20.7. The second-order valence-corrected chi connectivity index (χ2v) is 6.12. The molecule has 0 aliphatic carbocycles. The smallest absolute Gasteiger partial charge is 0.335 e. The Labute approximate surface area is 163 Å². The van der Waals surface area contributed by atoms with Crippen LogP contribution in [0.3, 0.4) is 0 Å². The van der Waals surface area contributed by atoms with Gasteiger partial charge >= 0.3 is 5.69 Å². The van der Waals surface area contributed by atoms with Gasteiger partial charge < -0.3 is 20.2 Å². The number of hydrogen-bond acceptors (Lipinski definition) is 7. The molecule has 2 aromatic rings. The average Bonchev–Trinajstić information content (AvgIpc) is 2.68. The topological polar surface area (TPSA) is 112 Å². The highest BCUT2D eigenvalue weighted by Gasteiger charge is 2.18. The van der Waals surface area contributed by atoms with Gasteiger partial charge in [-0.3, -0.25) is 9.78 Å². The summed E-state index contributed by atoms with van der Waals surface area (Å²) in [7, 11) is 1.53. The number of rotatable bonds is 9. The van der Waals surface area contributed by atoms with E-state index in [9.17, 15) is 14.7 Å². The van der Waals surface area contributed by atoms with Crippen molar-refractivity contribution in [1.29, 1.82) is 0 Å². The zero-order valence-electron chi connectivity index (χ0n) is 16.7. The van der Waals surface area contributed by atoms with E-state index >= 15 is 0 Å². The Morgan fingerprint density at radius 2 is 1.89 bits per heavy atom. The average molecular weight is 389 g/mol. The summed E-state index contributed by atoms with van der Waals surface area (Å²) in [5.41, 5.74) is 2.08. The van der Waals surface area contributed by atoms with E-state index in [0.717, 1.165) is 24.2 Å². The first-order chi connectivity index (χ1) is 13.4. The summed E-state index contributed by atoms with van der Waals surface area (Å²) in [4.78, 5) is 29.0. The van der Waals surface area contributed by atoms with E-state index in [1.165, 1.54) is 7.11 Å². The van der Waals surface area contributed by atoms with Gasteiger partial charge in [0.25, 0.3) is 5.56 Å². The van der Waals surface area contributed by atoms with Crippen molar-refractivity contribution in [2.75, 3.05) is 33.3 Å². The lowest BCUT2D eigenvalue weighted by atomic mass is 10.2. The maximum absolute atomic E-state index is 12.3. The number of aromatic nitrogens is 2. The van der Waals surface area contributed by atoms with Gasteiger partial charge in [0.15, 0.2) is 0 Å². The maximum atomic E-state index is 12.3. The number of aromatic hydroxyl groups is 1. The molecule has 0 saturated heterocycles. The minimum Gasteiger partial charge on any atom is -0.497 e. The Kier molecular flexibility index (Phi) is 7.39. The van der Waals surface area contributed by atoms with Crippen LogP contribution in [-0.4, -0.2) is 58.6 Å². The van der Waals surface area contributed by atoms with Gasteiger partial charge in [0.05, 0.1) is 18.5 Å². The summed E-state index contributed by atoms with van der Waals surface area (Å²) in [6.07, 6.45) is 0. The molecule has 1 heterocycles. The molecule has 9 nitrogen and oxygen atoms in total. The van der Waals surface area contributed by atoms with Gasteiger partial charge in [-0.15, -0.1) is 0 Å². The molecule has 1 aromatic heterocycles. The van der Waals surface area contributed by atoms with Crippen LogP contribution in [-0.2, 0) is 0 Å². The Morgan fingerprint density at radius 1 is 1.25 bits per heavy atom. The monoisotopic (exact) mass is 389 g/mol. The lowest BCUT2D eigenvalue weighted by Crippen LogP contribution is -2.33. The Balaban J connectivity index is 2.33. The van der Waals surface area contributed by atoms with Gasteiger partial charge in [0.2, 0.25) is 5.88 Å². The minimum absolute atomic E-state index is 0.0641. The molecule has 1 aromatic carbocycles. The molecular formula is C19H27N5O4. The number of benzene rings is 1. The van der Waals surface area contributed by atoms with Crippen LogP contribution in [0.25, 0.3) is 5.69 Å². The SMILES string of the molecule is CCN(CC)CCN/N=C(\C)c1c(O)n(-c2ccc(OC)cc2)c(=O)[nH]c1=O. The van der Waals surface area contributed by atoms with Crippen LogP contribution in [0.1, 0.15) is 26.3 Å². The van der Waals surface area contributed by atoms with Crippen LogP contribution in [0.5, 0.6) is 11.6 Å². The molecule has 0 aliphatic rings. The van der Waals surface area contributed by atoms with Crippen molar-refractivity contribution in [2.24, 2.45) is 5.10 Å². The van der Waals surface area contributed by atoms with Crippen molar-refractivity contribution >= 4 is 5.71 Å². The number of ether oxygens (including phenoxy) is 1. The van der Waals surface area contributed by atoms with Crippen molar-refractivity contribution in [3.8, 4) is 17.3 Å². The number of H-pyrrole nitrogens is 1. The van der Waals surface area contributed by atoms with Gasteiger partial charge in [0, 0.05) is 13.1 Å². The highest BCUT2D eigenvalue weighted by atomic mass is 16.5. The summed E-state index contributed by atoms with van der Waals surface area (Å²) in [6, 6.07) is 6.52.